The molecule has 0 amide bonds. The highest BCUT2D eigenvalue weighted by atomic mass is 16.6. The van der Waals surface area contributed by atoms with E-state index in [1.807, 2.05) is 24.3 Å². The minimum absolute atomic E-state index is 0.0762. The van der Waals surface area contributed by atoms with E-state index in [2.05, 4.69) is 0 Å². The van der Waals surface area contributed by atoms with Gasteiger partial charge in [-0.1, -0.05) is 25.1 Å². The number of nitrogens with zero attached hydrogens (tertiary/aromatic N) is 2. The van der Waals surface area contributed by atoms with E-state index in [-0.39, 0.29) is 36.3 Å². The highest BCUT2D eigenvalue weighted by Crippen LogP contribution is 2.40. The fourth-order valence-electron chi connectivity index (χ4n) is 4.47. The molecule has 0 bridgehead atoms. The molecule has 4 heterocycles. The van der Waals surface area contributed by atoms with Crippen molar-refractivity contribution in [1.29, 1.82) is 0 Å². The number of rotatable bonds is 3. The maximum absolute atomic E-state index is 13.3. The van der Waals surface area contributed by atoms with Gasteiger partial charge in [-0.3, -0.25) is 4.79 Å². The molecular weight excluding hydrogens is 412 g/mol. The lowest BCUT2D eigenvalue weighted by atomic mass is 9.86. The van der Waals surface area contributed by atoms with Crippen molar-refractivity contribution >= 4 is 28.9 Å². The molecule has 2 aromatic heterocycles. The molecule has 0 unspecified atom stereocenters. The van der Waals surface area contributed by atoms with Gasteiger partial charge in [-0.15, -0.1) is 0 Å². The molecule has 1 atom stereocenters. The SMILES string of the molecule is CC[C@@]1(O)C(=O)OCc2c1cc1n(c2=O)Cc2c-1nc1ccccc1c2/C=C/C(=O)OC. The predicted molar refractivity (Wildman–Crippen MR) is 116 cm³/mol. The highest BCUT2D eigenvalue weighted by Gasteiger charge is 2.45. The predicted octanol–water partition coefficient (Wildman–Crippen LogP) is 2.27. The first-order chi connectivity index (χ1) is 15.4. The van der Waals surface area contributed by atoms with Gasteiger partial charge < -0.3 is 19.1 Å². The Labute approximate surface area is 182 Å². The number of fused-ring (bicyclic) bond motifs is 5. The van der Waals surface area contributed by atoms with Gasteiger partial charge in [0.2, 0.25) is 0 Å². The number of hydrogen-bond acceptors (Lipinski definition) is 7. The van der Waals surface area contributed by atoms with Gasteiger partial charge in [0.1, 0.15) is 6.61 Å². The lowest BCUT2D eigenvalue weighted by molar-refractivity contribution is -0.172. The summed E-state index contributed by atoms with van der Waals surface area (Å²) in [4.78, 5) is 42.2. The summed E-state index contributed by atoms with van der Waals surface area (Å²) in [5.74, 6) is -1.25. The molecular formula is C24H20N2O6. The summed E-state index contributed by atoms with van der Waals surface area (Å²) >= 11 is 0. The Morgan fingerprint density at radius 1 is 1.31 bits per heavy atom. The van der Waals surface area contributed by atoms with Crippen LogP contribution in [0.2, 0.25) is 0 Å². The number of aliphatic hydroxyl groups is 1. The fraction of sp³-hybridized carbons (Fsp3) is 0.250. The lowest BCUT2D eigenvalue weighted by Crippen LogP contribution is -2.44. The first-order valence-corrected chi connectivity index (χ1v) is 10.2. The number of ether oxygens (including phenoxy) is 2. The minimum Gasteiger partial charge on any atom is -0.466 e. The van der Waals surface area contributed by atoms with Gasteiger partial charge in [0.15, 0.2) is 5.60 Å². The fourth-order valence-corrected chi connectivity index (χ4v) is 4.47. The van der Waals surface area contributed by atoms with Crippen LogP contribution in [-0.4, -0.2) is 33.7 Å². The van der Waals surface area contributed by atoms with E-state index < -0.39 is 17.5 Å². The highest BCUT2D eigenvalue weighted by molar-refractivity contribution is 5.97. The van der Waals surface area contributed by atoms with Gasteiger partial charge >= 0.3 is 11.9 Å². The monoisotopic (exact) mass is 432 g/mol. The third-order valence-electron chi connectivity index (χ3n) is 6.23. The average Bonchev–Trinajstić information content (AvgIpc) is 3.18. The summed E-state index contributed by atoms with van der Waals surface area (Å²) in [7, 11) is 1.31. The Bertz CT molecular complexity index is 1400. The van der Waals surface area contributed by atoms with Crippen LogP contribution < -0.4 is 5.56 Å². The number of pyridine rings is 2. The van der Waals surface area contributed by atoms with Crippen molar-refractivity contribution in [2.75, 3.05) is 7.11 Å². The topological polar surface area (TPSA) is 108 Å². The van der Waals surface area contributed by atoms with Gasteiger partial charge in [-0.05, 0) is 30.2 Å². The van der Waals surface area contributed by atoms with Crippen molar-refractivity contribution in [2.45, 2.75) is 32.1 Å². The van der Waals surface area contributed by atoms with Gasteiger partial charge in [-0.25, -0.2) is 14.6 Å². The second-order valence-electron chi connectivity index (χ2n) is 7.83. The molecule has 0 spiro atoms. The van der Waals surface area contributed by atoms with Crippen molar-refractivity contribution < 1.29 is 24.2 Å². The summed E-state index contributed by atoms with van der Waals surface area (Å²) in [6, 6.07) is 9.16. The van der Waals surface area contributed by atoms with E-state index in [9.17, 15) is 19.5 Å². The zero-order chi connectivity index (χ0) is 22.6. The second kappa shape index (κ2) is 7.13. The number of para-hydroxylation sites is 1. The molecule has 1 aromatic carbocycles. The first-order valence-electron chi connectivity index (χ1n) is 10.2. The van der Waals surface area contributed by atoms with Gasteiger partial charge in [0, 0.05) is 22.6 Å². The van der Waals surface area contributed by atoms with Crippen LogP contribution in [0.3, 0.4) is 0 Å². The Balaban J connectivity index is 1.80. The Morgan fingerprint density at radius 2 is 2.09 bits per heavy atom. The van der Waals surface area contributed by atoms with Crippen LogP contribution in [0.15, 0.2) is 41.2 Å². The van der Waals surface area contributed by atoms with Gasteiger partial charge in [0.05, 0.1) is 36.1 Å². The third kappa shape index (κ3) is 2.73. The second-order valence-corrected chi connectivity index (χ2v) is 7.83. The molecule has 32 heavy (non-hydrogen) atoms. The van der Waals surface area contributed by atoms with Crippen LogP contribution in [0.25, 0.3) is 28.4 Å². The minimum atomic E-state index is -1.88. The summed E-state index contributed by atoms with van der Waals surface area (Å²) in [5, 5.41) is 11.8. The summed E-state index contributed by atoms with van der Waals surface area (Å²) < 4.78 is 11.4. The number of hydrogen-bond donors (Lipinski definition) is 1. The molecule has 8 nitrogen and oxygen atoms in total. The molecule has 8 heteroatoms. The summed E-state index contributed by atoms with van der Waals surface area (Å²) in [5.41, 5.74) is 1.64. The van der Waals surface area contributed by atoms with Crippen LogP contribution in [0.1, 0.15) is 35.6 Å². The molecule has 0 fully saturated rings. The largest absolute Gasteiger partial charge is 0.466 e. The lowest BCUT2D eigenvalue weighted by Gasteiger charge is -2.31. The van der Waals surface area contributed by atoms with Crippen LogP contribution in [0.4, 0.5) is 0 Å². The number of aromatic nitrogens is 2. The molecule has 0 saturated carbocycles. The number of carbonyl (C=O) groups excluding carboxylic acids is 2. The molecule has 5 rings (SSSR count). The van der Waals surface area contributed by atoms with Crippen LogP contribution >= 0.6 is 0 Å². The molecule has 0 aliphatic carbocycles. The number of esters is 2. The molecule has 0 radical (unpaired) electrons. The van der Waals surface area contributed by atoms with E-state index in [1.165, 1.54) is 13.2 Å². The number of carbonyl (C=O) groups is 2. The van der Waals surface area contributed by atoms with Crippen molar-refractivity contribution in [2.24, 2.45) is 0 Å². The number of methoxy groups -OCH3 is 1. The van der Waals surface area contributed by atoms with Crippen molar-refractivity contribution in [3.05, 3.63) is 69.0 Å². The van der Waals surface area contributed by atoms with E-state index in [1.54, 1.807) is 23.6 Å². The number of cyclic esters (lactones) is 1. The van der Waals surface area contributed by atoms with E-state index in [0.29, 0.717) is 16.9 Å². The zero-order valence-corrected chi connectivity index (χ0v) is 17.5. The molecule has 2 aliphatic heterocycles. The van der Waals surface area contributed by atoms with Crippen LogP contribution in [-0.2, 0) is 37.8 Å². The van der Waals surface area contributed by atoms with E-state index in [0.717, 1.165) is 16.5 Å². The van der Waals surface area contributed by atoms with E-state index >= 15 is 0 Å². The summed E-state index contributed by atoms with van der Waals surface area (Å²) in [6.07, 6.45) is 3.08. The standard InChI is InChI=1S/C24H20N2O6/c1-3-24(30)17-10-19-21-15(11-26(19)22(28)16(17)12-32-23(24)29)13(8-9-20(27)31-2)14-6-4-5-7-18(14)25-21/h4-10,30H,3,11-12H2,1-2H3/b9-8+/t24-/m0/s1. The average molecular weight is 432 g/mol. The molecule has 1 N–H and O–H groups in total. The van der Waals surface area contributed by atoms with Crippen LogP contribution in [0, 0.1) is 0 Å². The van der Waals surface area contributed by atoms with Gasteiger partial charge in [-0.2, -0.15) is 0 Å². The van der Waals surface area contributed by atoms with Crippen molar-refractivity contribution in [3.63, 3.8) is 0 Å². The Kier molecular flexibility index (Phi) is 4.49. The maximum Gasteiger partial charge on any atom is 0.343 e. The van der Waals surface area contributed by atoms with Crippen molar-refractivity contribution in [3.8, 4) is 11.4 Å². The summed E-state index contributed by atoms with van der Waals surface area (Å²) in [6.45, 7) is 1.72. The maximum atomic E-state index is 13.3. The molecule has 3 aromatic rings. The van der Waals surface area contributed by atoms with Crippen LogP contribution in [0.5, 0.6) is 0 Å². The zero-order valence-electron chi connectivity index (χ0n) is 17.5. The number of benzene rings is 1. The normalized spacial score (nSPS) is 18.9. The molecule has 2 aliphatic rings. The van der Waals surface area contributed by atoms with Crippen molar-refractivity contribution in [1.82, 2.24) is 9.55 Å². The smallest absolute Gasteiger partial charge is 0.343 e. The quantitative estimate of drug-likeness (QED) is 0.391. The first kappa shape index (κ1) is 20.1. The Hall–Kier alpha value is -3.78. The van der Waals surface area contributed by atoms with E-state index in [4.69, 9.17) is 14.5 Å². The molecule has 0 saturated heterocycles. The van der Waals surface area contributed by atoms with Gasteiger partial charge in [0.25, 0.3) is 5.56 Å². The third-order valence-corrected chi connectivity index (χ3v) is 6.23. The molecule has 162 valence electrons. The Morgan fingerprint density at radius 3 is 2.84 bits per heavy atom.